The summed E-state index contributed by atoms with van der Waals surface area (Å²) >= 11 is 1.66. The first kappa shape index (κ1) is 13.6. The summed E-state index contributed by atoms with van der Waals surface area (Å²) in [5, 5.41) is 12.8. The van der Waals surface area contributed by atoms with Crippen LogP contribution < -0.4 is 0 Å². The molecular weight excluding hydrogens is 272 g/mol. The van der Waals surface area contributed by atoms with Gasteiger partial charge in [0.15, 0.2) is 0 Å². The van der Waals surface area contributed by atoms with E-state index in [9.17, 15) is 0 Å². The molecule has 0 bridgehead atoms. The molecule has 0 aliphatic carbocycles. The molecule has 1 atom stereocenters. The molecule has 0 spiro atoms. The van der Waals surface area contributed by atoms with E-state index in [1.165, 1.54) is 11.1 Å². The molecule has 1 saturated heterocycles. The summed E-state index contributed by atoms with van der Waals surface area (Å²) < 4.78 is 7.43. The van der Waals surface area contributed by atoms with Crippen LogP contribution >= 0.6 is 11.8 Å². The third-order valence-electron chi connectivity index (χ3n) is 3.60. The van der Waals surface area contributed by atoms with Crippen LogP contribution in [0.25, 0.3) is 5.69 Å². The zero-order valence-corrected chi connectivity index (χ0v) is 12.6. The van der Waals surface area contributed by atoms with Gasteiger partial charge >= 0.3 is 0 Å². The Labute approximate surface area is 122 Å². The fraction of sp³-hybridized carbons (Fsp3) is 0.500. The maximum atomic E-state index is 5.63. The minimum atomic E-state index is 0.338. The van der Waals surface area contributed by atoms with Gasteiger partial charge in [-0.15, -0.1) is 5.10 Å². The molecule has 20 heavy (non-hydrogen) atoms. The highest BCUT2D eigenvalue weighted by molar-refractivity contribution is 7.99. The highest BCUT2D eigenvalue weighted by Crippen LogP contribution is 2.24. The summed E-state index contributed by atoms with van der Waals surface area (Å²) in [6.45, 7) is 5.08. The van der Waals surface area contributed by atoms with Crippen LogP contribution in [0.4, 0.5) is 0 Å². The first-order valence-electron chi connectivity index (χ1n) is 6.84. The third kappa shape index (κ3) is 2.86. The number of aryl methyl sites for hydroxylation is 2. The van der Waals surface area contributed by atoms with E-state index in [4.69, 9.17) is 4.74 Å². The van der Waals surface area contributed by atoms with Gasteiger partial charge in [-0.05, 0) is 60.4 Å². The van der Waals surface area contributed by atoms with Gasteiger partial charge in [0.2, 0.25) is 5.16 Å². The number of thioether (sulfide) groups is 1. The van der Waals surface area contributed by atoms with Gasteiger partial charge in [-0.2, -0.15) is 4.68 Å². The van der Waals surface area contributed by atoms with E-state index < -0.39 is 0 Å². The van der Waals surface area contributed by atoms with E-state index in [2.05, 4.69) is 47.6 Å². The first-order chi connectivity index (χ1) is 9.74. The van der Waals surface area contributed by atoms with Crippen LogP contribution in [0.3, 0.4) is 0 Å². The van der Waals surface area contributed by atoms with Gasteiger partial charge in [0.25, 0.3) is 0 Å². The highest BCUT2D eigenvalue weighted by Gasteiger charge is 2.18. The molecule has 0 amide bonds. The van der Waals surface area contributed by atoms with E-state index in [0.717, 1.165) is 36.0 Å². The molecule has 0 radical (unpaired) electrons. The molecule has 106 valence electrons. The van der Waals surface area contributed by atoms with Crippen molar-refractivity contribution in [2.45, 2.75) is 37.9 Å². The van der Waals surface area contributed by atoms with E-state index in [1.807, 2.05) is 0 Å². The van der Waals surface area contributed by atoms with Crippen molar-refractivity contribution in [2.75, 3.05) is 12.4 Å². The van der Waals surface area contributed by atoms with Crippen molar-refractivity contribution in [3.63, 3.8) is 0 Å². The van der Waals surface area contributed by atoms with Gasteiger partial charge in [0.05, 0.1) is 11.8 Å². The second-order valence-corrected chi connectivity index (χ2v) is 6.08. The second kappa shape index (κ2) is 5.93. The number of aromatic nitrogens is 4. The zero-order chi connectivity index (χ0) is 13.9. The predicted molar refractivity (Wildman–Crippen MR) is 78.3 cm³/mol. The van der Waals surface area contributed by atoms with Gasteiger partial charge < -0.3 is 4.74 Å². The molecule has 0 saturated carbocycles. The van der Waals surface area contributed by atoms with Crippen molar-refractivity contribution in [3.05, 3.63) is 29.3 Å². The molecule has 2 aromatic rings. The molecule has 3 rings (SSSR count). The number of benzene rings is 1. The van der Waals surface area contributed by atoms with Gasteiger partial charge in [0.1, 0.15) is 0 Å². The van der Waals surface area contributed by atoms with Crippen LogP contribution in [0.1, 0.15) is 24.0 Å². The van der Waals surface area contributed by atoms with Crippen LogP contribution in [0.15, 0.2) is 23.4 Å². The van der Waals surface area contributed by atoms with Crippen molar-refractivity contribution >= 4 is 11.8 Å². The molecule has 6 heteroatoms. The van der Waals surface area contributed by atoms with Gasteiger partial charge in [-0.25, -0.2) is 0 Å². The Hall–Kier alpha value is -1.40. The van der Waals surface area contributed by atoms with Gasteiger partial charge in [-0.3, -0.25) is 0 Å². The highest BCUT2D eigenvalue weighted by atomic mass is 32.2. The number of hydrogen-bond donors (Lipinski definition) is 0. The Morgan fingerprint density at radius 1 is 1.35 bits per heavy atom. The molecule has 2 heterocycles. The summed E-state index contributed by atoms with van der Waals surface area (Å²) in [5.74, 6) is 0.908. The number of ether oxygens (including phenoxy) is 1. The molecule has 1 aromatic carbocycles. The quantitative estimate of drug-likeness (QED) is 0.810. The molecule has 0 N–H and O–H groups in total. The standard InChI is InChI=1S/C14H18N4OS/c1-10-5-6-12(8-11(10)2)18-14(15-16-17-18)20-9-13-4-3-7-19-13/h5-6,8,13H,3-4,7,9H2,1-2H3. The van der Waals surface area contributed by atoms with Crippen LogP contribution in [0, 0.1) is 13.8 Å². The van der Waals surface area contributed by atoms with Gasteiger partial charge in [-0.1, -0.05) is 17.8 Å². The molecular formula is C14H18N4OS. The second-order valence-electron chi connectivity index (χ2n) is 5.09. The number of nitrogens with zero attached hydrogens (tertiary/aromatic N) is 4. The van der Waals surface area contributed by atoms with Crippen molar-refractivity contribution in [2.24, 2.45) is 0 Å². The normalized spacial score (nSPS) is 18.6. The maximum absolute atomic E-state index is 5.63. The third-order valence-corrected chi connectivity index (χ3v) is 4.65. The zero-order valence-electron chi connectivity index (χ0n) is 11.7. The molecule has 1 aliphatic rings. The monoisotopic (exact) mass is 290 g/mol. The largest absolute Gasteiger partial charge is 0.377 e. The molecule has 5 nitrogen and oxygen atoms in total. The van der Waals surface area contributed by atoms with Crippen molar-refractivity contribution in [1.82, 2.24) is 20.2 Å². The summed E-state index contributed by atoms with van der Waals surface area (Å²) in [6.07, 6.45) is 2.64. The Morgan fingerprint density at radius 2 is 2.25 bits per heavy atom. The fourth-order valence-corrected chi connectivity index (χ4v) is 3.19. The Balaban J connectivity index is 1.76. The topological polar surface area (TPSA) is 52.8 Å². The number of tetrazole rings is 1. The molecule has 1 aromatic heterocycles. The fourth-order valence-electron chi connectivity index (χ4n) is 2.23. The minimum Gasteiger partial charge on any atom is -0.377 e. The SMILES string of the molecule is Cc1ccc(-n2nnnc2SCC2CCCO2)cc1C. The summed E-state index contributed by atoms with van der Waals surface area (Å²) in [5.41, 5.74) is 3.52. The van der Waals surface area contributed by atoms with Crippen LogP contribution in [-0.4, -0.2) is 38.7 Å². The summed E-state index contributed by atoms with van der Waals surface area (Å²) in [4.78, 5) is 0. The van der Waals surface area contributed by atoms with Crippen LogP contribution in [-0.2, 0) is 4.74 Å². The Kier molecular flexibility index (Phi) is 4.03. The van der Waals surface area contributed by atoms with Crippen LogP contribution in [0.5, 0.6) is 0 Å². The molecule has 1 unspecified atom stereocenters. The lowest BCUT2D eigenvalue weighted by Crippen LogP contribution is -2.09. The van der Waals surface area contributed by atoms with Gasteiger partial charge in [0, 0.05) is 12.4 Å². The number of rotatable bonds is 4. The maximum Gasteiger partial charge on any atom is 0.214 e. The average molecular weight is 290 g/mol. The van der Waals surface area contributed by atoms with Crippen LogP contribution in [0.2, 0.25) is 0 Å². The lowest BCUT2D eigenvalue weighted by Gasteiger charge is -2.09. The molecule has 1 aliphatic heterocycles. The van der Waals surface area contributed by atoms with E-state index in [-0.39, 0.29) is 0 Å². The minimum absolute atomic E-state index is 0.338. The Morgan fingerprint density at radius 3 is 3.00 bits per heavy atom. The lowest BCUT2D eigenvalue weighted by atomic mass is 10.1. The predicted octanol–water partition coefficient (Wildman–Crippen LogP) is 2.55. The van der Waals surface area contributed by atoms with Crippen molar-refractivity contribution in [3.8, 4) is 5.69 Å². The summed E-state index contributed by atoms with van der Waals surface area (Å²) in [6, 6.07) is 6.26. The first-order valence-corrected chi connectivity index (χ1v) is 7.83. The van der Waals surface area contributed by atoms with E-state index >= 15 is 0 Å². The Bertz CT molecular complexity index is 593. The van der Waals surface area contributed by atoms with E-state index in [1.54, 1.807) is 16.4 Å². The van der Waals surface area contributed by atoms with E-state index in [0.29, 0.717) is 6.10 Å². The van der Waals surface area contributed by atoms with Crippen molar-refractivity contribution < 1.29 is 4.74 Å². The lowest BCUT2D eigenvalue weighted by molar-refractivity contribution is 0.129. The number of hydrogen-bond acceptors (Lipinski definition) is 5. The molecule has 1 fully saturated rings. The average Bonchev–Trinajstić information content (AvgIpc) is 3.10. The summed E-state index contributed by atoms with van der Waals surface area (Å²) in [7, 11) is 0. The smallest absolute Gasteiger partial charge is 0.214 e. The van der Waals surface area contributed by atoms with Crippen molar-refractivity contribution in [1.29, 1.82) is 0 Å².